The summed E-state index contributed by atoms with van der Waals surface area (Å²) in [7, 11) is 0. The SMILES string of the molecule is CC(O)c1cnccc1OCc1ccccc1. The first-order valence-corrected chi connectivity index (χ1v) is 5.56. The largest absolute Gasteiger partial charge is 0.488 e. The molecule has 0 aliphatic heterocycles. The third-order valence-electron chi connectivity index (χ3n) is 2.50. The van der Waals surface area contributed by atoms with Crippen molar-refractivity contribution in [3.8, 4) is 5.75 Å². The minimum absolute atomic E-state index is 0.491. The van der Waals surface area contributed by atoms with Crippen LogP contribution < -0.4 is 4.74 Å². The highest BCUT2D eigenvalue weighted by molar-refractivity contribution is 5.32. The van der Waals surface area contributed by atoms with Crippen molar-refractivity contribution >= 4 is 0 Å². The molecular weight excluding hydrogens is 214 g/mol. The molecule has 2 aromatic rings. The molecule has 1 N–H and O–H groups in total. The molecule has 2 rings (SSSR count). The first-order chi connectivity index (χ1) is 8.27. The molecule has 1 atom stereocenters. The van der Waals surface area contributed by atoms with Gasteiger partial charge in [0.1, 0.15) is 12.4 Å². The average Bonchev–Trinajstić information content (AvgIpc) is 2.38. The zero-order valence-electron chi connectivity index (χ0n) is 9.71. The van der Waals surface area contributed by atoms with Crippen LogP contribution in [0.2, 0.25) is 0 Å². The van der Waals surface area contributed by atoms with Gasteiger partial charge in [-0.2, -0.15) is 0 Å². The van der Waals surface area contributed by atoms with Gasteiger partial charge in [-0.1, -0.05) is 30.3 Å². The fourth-order valence-electron chi connectivity index (χ4n) is 1.57. The Hall–Kier alpha value is -1.87. The molecule has 0 fully saturated rings. The summed E-state index contributed by atoms with van der Waals surface area (Å²) < 4.78 is 5.68. The molecule has 0 amide bonds. The van der Waals surface area contributed by atoms with Gasteiger partial charge in [0.25, 0.3) is 0 Å². The van der Waals surface area contributed by atoms with Crippen LogP contribution in [0.4, 0.5) is 0 Å². The van der Waals surface area contributed by atoms with Gasteiger partial charge in [-0.15, -0.1) is 0 Å². The van der Waals surface area contributed by atoms with Crippen LogP contribution in [0.5, 0.6) is 5.75 Å². The van der Waals surface area contributed by atoms with E-state index in [9.17, 15) is 5.11 Å². The summed E-state index contributed by atoms with van der Waals surface area (Å²) in [4.78, 5) is 3.98. The second-order valence-electron chi connectivity index (χ2n) is 3.86. The fourth-order valence-corrected chi connectivity index (χ4v) is 1.57. The maximum atomic E-state index is 9.58. The van der Waals surface area contributed by atoms with Crippen LogP contribution in [0.15, 0.2) is 48.8 Å². The van der Waals surface area contributed by atoms with E-state index in [2.05, 4.69) is 4.98 Å². The second-order valence-corrected chi connectivity index (χ2v) is 3.86. The number of nitrogens with zero attached hydrogens (tertiary/aromatic N) is 1. The van der Waals surface area contributed by atoms with Crippen molar-refractivity contribution < 1.29 is 9.84 Å². The van der Waals surface area contributed by atoms with E-state index in [0.29, 0.717) is 17.9 Å². The van der Waals surface area contributed by atoms with Gasteiger partial charge in [0.2, 0.25) is 0 Å². The number of hydrogen-bond donors (Lipinski definition) is 1. The molecule has 3 heteroatoms. The van der Waals surface area contributed by atoms with E-state index in [0.717, 1.165) is 5.56 Å². The van der Waals surface area contributed by atoms with Crippen LogP contribution in [0.1, 0.15) is 24.2 Å². The van der Waals surface area contributed by atoms with Crippen molar-refractivity contribution in [2.45, 2.75) is 19.6 Å². The summed E-state index contributed by atoms with van der Waals surface area (Å²) in [5, 5.41) is 9.58. The van der Waals surface area contributed by atoms with Crippen molar-refractivity contribution in [1.29, 1.82) is 0 Å². The Kier molecular flexibility index (Phi) is 3.73. The number of rotatable bonds is 4. The Morgan fingerprint density at radius 1 is 1.24 bits per heavy atom. The monoisotopic (exact) mass is 229 g/mol. The number of aliphatic hydroxyl groups is 1. The zero-order valence-corrected chi connectivity index (χ0v) is 9.71. The second kappa shape index (κ2) is 5.46. The Morgan fingerprint density at radius 2 is 2.00 bits per heavy atom. The third kappa shape index (κ3) is 3.04. The van der Waals surface area contributed by atoms with Crippen LogP contribution in [-0.4, -0.2) is 10.1 Å². The molecule has 0 spiro atoms. The number of benzene rings is 1. The Balaban J connectivity index is 2.09. The van der Waals surface area contributed by atoms with Gasteiger partial charge < -0.3 is 9.84 Å². The molecule has 0 saturated carbocycles. The van der Waals surface area contributed by atoms with Gasteiger partial charge in [0.15, 0.2) is 0 Å². The smallest absolute Gasteiger partial charge is 0.128 e. The Morgan fingerprint density at radius 3 is 2.71 bits per heavy atom. The lowest BCUT2D eigenvalue weighted by molar-refractivity contribution is 0.189. The van der Waals surface area contributed by atoms with E-state index in [1.165, 1.54) is 0 Å². The van der Waals surface area contributed by atoms with E-state index >= 15 is 0 Å². The fraction of sp³-hybridized carbons (Fsp3) is 0.214. The Bertz CT molecular complexity index is 469. The molecule has 0 aliphatic rings. The normalized spacial score (nSPS) is 12.1. The first kappa shape index (κ1) is 11.6. The number of ether oxygens (including phenoxy) is 1. The van der Waals surface area contributed by atoms with Gasteiger partial charge in [-0.25, -0.2) is 0 Å². The maximum Gasteiger partial charge on any atom is 0.128 e. The summed E-state index contributed by atoms with van der Waals surface area (Å²) in [6, 6.07) is 11.7. The molecule has 0 aliphatic carbocycles. The highest BCUT2D eigenvalue weighted by atomic mass is 16.5. The Labute approximate surface area is 101 Å². The van der Waals surface area contributed by atoms with Gasteiger partial charge in [0, 0.05) is 18.0 Å². The molecule has 1 aromatic carbocycles. The molecule has 3 nitrogen and oxygen atoms in total. The zero-order chi connectivity index (χ0) is 12.1. The predicted molar refractivity (Wildman–Crippen MR) is 65.6 cm³/mol. The van der Waals surface area contributed by atoms with Crippen LogP contribution in [0, 0.1) is 0 Å². The summed E-state index contributed by atoms with van der Waals surface area (Å²) in [6.45, 7) is 2.19. The molecule has 88 valence electrons. The van der Waals surface area contributed by atoms with Gasteiger partial charge in [-0.3, -0.25) is 4.98 Å². The highest BCUT2D eigenvalue weighted by Crippen LogP contribution is 2.24. The maximum absolute atomic E-state index is 9.58. The lowest BCUT2D eigenvalue weighted by Gasteiger charge is -2.12. The quantitative estimate of drug-likeness (QED) is 0.876. The number of hydrogen-bond acceptors (Lipinski definition) is 3. The van der Waals surface area contributed by atoms with E-state index < -0.39 is 6.10 Å². The predicted octanol–water partition coefficient (Wildman–Crippen LogP) is 2.71. The van der Waals surface area contributed by atoms with Gasteiger partial charge in [0.05, 0.1) is 6.10 Å². The van der Waals surface area contributed by atoms with E-state index in [1.54, 1.807) is 25.4 Å². The van der Waals surface area contributed by atoms with Gasteiger partial charge in [-0.05, 0) is 18.6 Å². The summed E-state index contributed by atoms with van der Waals surface area (Å²) in [5.74, 6) is 0.679. The van der Waals surface area contributed by atoms with Crippen molar-refractivity contribution in [3.05, 3.63) is 59.9 Å². The van der Waals surface area contributed by atoms with Crippen LogP contribution >= 0.6 is 0 Å². The molecule has 0 radical (unpaired) electrons. The molecule has 0 bridgehead atoms. The average molecular weight is 229 g/mol. The molecule has 17 heavy (non-hydrogen) atoms. The summed E-state index contributed by atoms with van der Waals surface area (Å²) >= 11 is 0. The summed E-state index contributed by atoms with van der Waals surface area (Å²) in [5.41, 5.74) is 1.81. The van der Waals surface area contributed by atoms with Crippen molar-refractivity contribution in [1.82, 2.24) is 4.98 Å². The van der Waals surface area contributed by atoms with Crippen LogP contribution in [0.3, 0.4) is 0 Å². The number of pyridine rings is 1. The molecule has 1 aromatic heterocycles. The molecular formula is C14H15NO2. The highest BCUT2D eigenvalue weighted by Gasteiger charge is 2.08. The number of aliphatic hydroxyl groups excluding tert-OH is 1. The van der Waals surface area contributed by atoms with Crippen molar-refractivity contribution in [3.63, 3.8) is 0 Å². The minimum atomic E-state index is -0.575. The topological polar surface area (TPSA) is 42.4 Å². The van der Waals surface area contributed by atoms with E-state index in [4.69, 9.17) is 4.74 Å². The lowest BCUT2D eigenvalue weighted by atomic mass is 10.1. The molecule has 0 saturated heterocycles. The standard InChI is InChI=1S/C14H15NO2/c1-11(16)13-9-15-8-7-14(13)17-10-12-5-3-2-4-6-12/h2-9,11,16H,10H2,1H3. The van der Waals surface area contributed by atoms with E-state index in [-0.39, 0.29) is 0 Å². The van der Waals surface area contributed by atoms with Crippen molar-refractivity contribution in [2.24, 2.45) is 0 Å². The van der Waals surface area contributed by atoms with Crippen LogP contribution in [-0.2, 0) is 6.61 Å². The van der Waals surface area contributed by atoms with Crippen molar-refractivity contribution in [2.75, 3.05) is 0 Å². The third-order valence-corrected chi connectivity index (χ3v) is 2.50. The first-order valence-electron chi connectivity index (χ1n) is 5.56. The van der Waals surface area contributed by atoms with Crippen LogP contribution in [0.25, 0.3) is 0 Å². The van der Waals surface area contributed by atoms with E-state index in [1.807, 2.05) is 30.3 Å². The molecule has 1 unspecified atom stereocenters. The summed E-state index contributed by atoms with van der Waals surface area (Å²) in [6.07, 6.45) is 2.71. The minimum Gasteiger partial charge on any atom is -0.488 e. The van der Waals surface area contributed by atoms with Gasteiger partial charge >= 0.3 is 0 Å². The number of aromatic nitrogens is 1. The lowest BCUT2D eigenvalue weighted by Crippen LogP contribution is -2.01. The molecule has 1 heterocycles.